The Labute approximate surface area is 173 Å². The number of aryl methyl sites for hydroxylation is 2. The van der Waals surface area contributed by atoms with Crippen LogP contribution >= 0.6 is 0 Å². The Hall–Kier alpha value is -3.62. The molecule has 0 aliphatic heterocycles. The van der Waals surface area contributed by atoms with Crippen molar-refractivity contribution in [3.05, 3.63) is 57.1 Å². The van der Waals surface area contributed by atoms with E-state index in [1.807, 2.05) is 12.1 Å². The lowest BCUT2D eigenvalue weighted by Gasteiger charge is -2.12. The van der Waals surface area contributed by atoms with Gasteiger partial charge < -0.3 is 19.5 Å². The largest absolute Gasteiger partial charge is 0.493 e. The van der Waals surface area contributed by atoms with Crippen molar-refractivity contribution in [2.24, 2.45) is 0 Å². The molecular formula is C21H22N2O7. The number of nitrogens with one attached hydrogen (secondary N) is 1. The first-order chi connectivity index (χ1) is 14.4. The first-order valence-corrected chi connectivity index (χ1v) is 9.51. The second-order valence-electron chi connectivity index (χ2n) is 6.67. The summed E-state index contributed by atoms with van der Waals surface area (Å²) < 4.78 is 15.4. The van der Waals surface area contributed by atoms with E-state index in [1.54, 1.807) is 13.0 Å². The zero-order valence-corrected chi connectivity index (χ0v) is 16.7. The molecule has 3 rings (SSSR count). The molecule has 0 atom stereocenters. The molecule has 9 nitrogen and oxygen atoms in total. The molecule has 0 saturated carbocycles. The lowest BCUT2D eigenvalue weighted by atomic mass is 10.1. The highest BCUT2D eigenvalue weighted by Crippen LogP contribution is 2.35. The molecule has 9 heteroatoms. The maximum absolute atomic E-state index is 12.4. The number of methoxy groups -OCH3 is 1. The van der Waals surface area contributed by atoms with Crippen molar-refractivity contribution in [1.29, 1.82) is 0 Å². The zero-order valence-electron chi connectivity index (χ0n) is 16.7. The average Bonchev–Trinajstić information content (AvgIpc) is 3.19. The Kier molecular flexibility index (Phi) is 6.51. The van der Waals surface area contributed by atoms with E-state index in [1.165, 1.54) is 24.3 Å². The van der Waals surface area contributed by atoms with Crippen LogP contribution in [0, 0.1) is 10.1 Å². The van der Waals surface area contributed by atoms with Crippen molar-refractivity contribution in [2.45, 2.75) is 26.2 Å². The number of fused-ring (bicyclic) bond motifs is 1. The molecule has 0 radical (unpaired) electrons. The van der Waals surface area contributed by atoms with Gasteiger partial charge in [0.1, 0.15) is 5.56 Å². The van der Waals surface area contributed by atoms with E-state index >= 15 is 0 Å². The highest BCUT2D eigenvalue weighted by Gasteiger charge is 2.26. The van der Waals surface area contributed by atoms with Gasteiger partial charge in [0.25, 0.3) is 11.6 Å². The number of hydrogen-bond acceptors (Lipinski definition) is 7. The van der Waals surface area contributed by atoms with Crippen LogP contribution in [0.25, 0.3) is 0 Å². The van der Waals surface area contributed by atoms with Gasteiger partial charge in [0, 0.05) is 11.8 Å². The van der Waals surface area contributed by atoms with Gasteiger partial charge in [0.05, 0.1) is 24.7 Å². The first kappa shape index (κ1) is 21.1. The predicted molar refractivity (Wildman–Crippen MR) is 108 cm³/mol. The van der Waals surface area contributed by atoms with Crippen LogP contribution in [0.5, 0.6) is 11.5 Å². The molecule has 0 aromatic heterocycles. The topological polar surface area (TPSA) is 117 Å². The minimum atomic E-state index is -1.01. The van der Waals surface area contributed by atoms with E-state index in [-0.39, 0.29) is 23.7 Å². The summed E-state index contributed by atoms with van der Waals surface area (Å²) in [7, 11) is 1.34. The number of anilines is 1. The summed E-state index contributed by atoms with van der Waals surface area (Å²) in [4.78, 5) is 35.2. The van der Waals surface area contributed by atoms with E-state index in [0.29, 0.717) is 5.69 Å². The summed E-state index contributed by atoms with van der Waals surface area (Å²) >= 11 is 0. The maximum Gasteiger partial charge on any atom is 0.345 e. The summed E-state index contributed by atoms with van der Waals surface area (Å²) in [5, 5.41) is 14.0. The fourth-order valence-corrected chi connectivity index (χ4v) is 3.35. The van der Waals surface area contributed by atoms with Gasteiger partial charge in [-0.25, -0.2) is 4.79 Å². The Balaban J connectivity index is 1.69. The quantitative estimate of drug-likeness (QED) is 0.400. The number of nitro groups is 1. The molecule has 1 aliphatic rings. The van der Waals surface area contributed by atoms with Gasteiger partial charge in [-0.3, -0.25) is 14.9 Å². The van der Waals surface area contributed by atoms with Crippen LogP contribution in [0.4, 0.5) is 11.4 Å². The number of benzene rings is 2. The third-order valence-electron chi connectivity index (χ3n) is 4.72. The second kappa shape index (κ2) is 9.25. The van der Waals surface area contributed by atoms with Crippen molar-refractivity contribution < 1.29 is 28.7 Å². The molecule has 0 bridgehead atoms. The van der Waals surface area contributed by atoms with E-state index in [4.69, 9.17) is 14.2 Å². The number of nitro benzene ring substituents is 1. The number of amides is 1. The summed E-state index contributed by atoms with van der Waals surface area (Å²) in [5.74, 6) is -1.26. The van der Waals surface area contributed by atoms with Gasteiger partial charge in [0.15, 0.2) is 18.1 Å². The molecule has 0 fully saturated rings. The first-order valence-electron chi connectivity index (χ1n) is 9.51. The van der Waals surface area contributed by atoms with Crippen molar-refractivity contribution in [2.75, 3.05) is 25.6 Å². The number of carbonyl (C=O) groups excluding carboxylic acids is 2. The van der Waals surface area contributed by atoms with Gasteiger partial charge in [-0.2, -0.15) is 0 Å². The molecule has 158 valence electrons. The monoisotopic (exact) mass is 414 g/mol. The number of carbonyl (C=O) groups is 2. The highest BCUT2D eigenvalue weighted by atomic mass is 16.6. The smallest absolute Gasteiger partial charge is 0.345 e. The molecule has 0 unspecified atom stereocenters. The van der Waals surface area contributed by atoms with Gasteiger partial charge in [-0.1, -0.05) is 6.07 Å². The minimum absolute atomic E-state index is 0.120. The predicted octanol–water partition coefficient (Wildman–Crippen LogP) is 3.29. The van der Waals surface area contributed by atoms with Gasteiger partial charge in [-0.15, -0.1) is 0 Å². The van der Waals surface area contributed by atoms with Crippen molar-refractivity contribution >= 4 is 23.3 Å². The maximum atomic E-state index is 12.4. The molecule has 1 aliphatic carbocycles. The van der Waals surface area contributed by atoms with E-state index in [2.05, 4.69) is 5.32 Å². The lowest BCUT2D eigenvalue weighted by Crippen LogP contribution is -2.21. The zero-order chi connectivity index (χ0) is 21.7. The Morgan fingerprint density at radius 3 is 2.60 bits per heavy atom. The van der Waals surface area contributed by atoms with Crippen molar-refractivity contribution in [1.82, 2.24) is 0 Å². The van der Waals surface area contributed by atoms with Crippen LogP contribution in [-0.4, -0.2) is 37.1 Å². The van der Waals surface area contributed by atoms with E-state index < -0.39 is 29.1 Å². The molecule has 30 heavy (non-hydrogen) atoms. The standard InChI is InChI=1S/C21H22N2O7/c1-3-29-19-10-16(17(23(26)27)11-18(19)28-2)21(25)30-12-20(24)22-15-8-7-13-5-4-6-14(13)9-15/h7-11H,3-6,12H2,1-2H3,(H,22,24). The van der Waals surface area contributed by atoms with Gasteiger partial charge in [0.2, 0.25) is 0 Å². The fraction of sp³-hybridized carbons (Fsp3) is 0.333. The second-order valence-corrected chi connectivity index (χ2v) is 6.67. The Morgan fingerprint density at radius 1 is 1.13 bits per heavy atom. The highest BCUT2D eigenvalue weighted by molar-refractivity contribution is 5.98. The summed E-state index contributed by atoms with van der Waals surface area (Å²) in [6.45, 7) is 1.41. The van der Waals surface area contributed by atoms with Crippen LogP contribution in [0.3, 0.4) is 0 Å². The summed E-state index contributed by atoms with van der Waals surface area (Å²) in [5.41, 5.74) is 2.26. The Morgan fingerprint density at radius 2 is 1.90 bits per heavy atom. The molecule has 1 amide bonds. The van der Waals surface area contributed by atoms with Crippen LogP contribution in [0.1, 0.15) is 34.8 Å². The number of rotatable bonds is 8. The molecular weight excluding hydrogens is 392 g/mol. The third kappa shape index (κ3) is 4.68. The van der Waals surface area contributed by atoms with Gasteiger partial charge >= 0.3 is 5.97 Å². The number of esters is 1. The van der Waals surface area contributed by atoms with E-state index in [0.717, 1.165) is 25.3 Å². The van der Waals surface area contributed by atoms with E-state index in [9.17, 15) is 19.7 Å². The molecule has 2 aromatic carbocycles. The van der Waals surface area contributed by atoms with Crippen LogP contribution in [0.15, 0.2) is 30.3 Å². The molecule has 2 aromatic rings. The summed E-state index contributed by atoms with van der Waals surface area (Å²) in [6.07, 6.45) is 3.09. The minimum Gasteiger partial charge on any atom is -0.493 e. The normalized spacial score (nSPS) is 12.1. The lowest BCUT2D eigenvalue weighted by molar-refractivity contribution is -0.385. The summed E-state index contributed by atoms with van der Waals surface area (Å²) in [6, 6.07) is 7.95. The number of ether oxygens (including phenoxy) is 3. The van der Waals surface area contributed by atoms with Crippen molar-refractivity contribution in [3.63, 3.8) is 0 Å². The number of nitrogens with zero attached hydrogens (tertiary/aromatic N) is 1. The average molecular weight is 414 g/mol. The van der Waals surface area contributed by atoms with Crippen LogP contribution in [0.2, 0.25) is 0 Å². The number of hydrogen-bond donors (Lipinski definition) is 1. The third-order valence-corrected chi connectivity index (χ3v) is 4.72. The fourth-order valence-electron chi connectivity index (χ4n) is 3.35. The van der Waals surface area contributed by atoms with Crippen LogP contribution < -0.4 is 14.8 Å². The Bertz CT molecular complexity index is 988. The molecule has 0 heterocycles. The molecule has 0 saturated heterocycles. The van der Waals surface area contributed by atoms with Gasteiger partial charge in [-0.05, 0) is 49.4 Å². The molecule has 1 N–H and O–H groups in total. The molecule has 0 spiro atoms. The van der Waals surface area contributed by atoms with Crippen LogP contribution in [-0.2, 0) is 22.4 Å². The SMILES string of the molecule is CCOc1cc(C(=O)OCC(=O)Nc2ccc3c(c2)CCC3)c([N+](=O)[O-])cc1OC. The van der Waals surface area contributed by atoms with Crippen molar-refractivity contribution in [3.8, 4) is 11.5 Å².